The molecule has 0 aliphatic carbocycles. The Balaban J connectivity index is 0.00000242. The van der Waals surface area contributed by atoms with Crippen LogP contribution >= 0.6 is 24.0 Å². The average molecular weight is 355 g/mol. The molecule has 124 valence electrons. The molecule has 7 heteroatoms. The van der Waals surface area contributed by atoms with Gasteiger partial charge in [0.05, 0.1) is 10.6 Å². The lowest BCUT2D eigenvalue weighted by Gasteiger charge is -2.35. The number of hydrogen-bond donors (Lipinski definition) is 1. The van der Waals surface area contributed by atoms with Crippen molar-refractivity contribution in [2.24, 2.45) is 0 Å². The quantitative estimate of drug-likeness (QED) is 0.810. The van der Waals surface area contributed by atoms with E-state index in [1.165, 1.54) is 6.07 Å². The molecule has 2 nitrogen and oxygen atoms in total. The third-order valence-corrected chi connectivity index (χ3v) is 4.10. The fraction of sp³-hybridized carbons (Fsp3) is 0.467. The Morgan fingerprint density at radius 2 is 1.95 bits per heavy atom. The maximum atomic E-state index is 13.0. The van der Waals surface area contributed by atoms with Gasteiger partial charge < -0.3 is 5.32 Å². The summed E-state index contributed by atoms with van der Waals surface area (Å²) in [6.45, 7) is 6.93. The molecular formula is C15H19Cl2F3N2. The van der Waals surface area contributed by atoms with E-state index in [0.717, 1.165) is 32.2 Å². The number of rotatable bonds is 4. The summed E-state index contributed by atoms with van der Waals surface area (Å²) in [6.07, 6.45) is -2.14. The predicted octanol–water partition coefficient (Wildman–Crippen LogP) is 4.30. The van der Waals surface area contributed by atoms with Gasteiger partial charge in [0.1, 0.15) is 0 Å². The van der Waals surface area contributed by atoms with Crippen molar-refractivity contribution < 1.29 is 13.2 Å². The molecule has 1 aliphatic rings. The molecule has 0 amide bonds. The van der Waals surface area contributed by atoms with E-state index in [0.29, 0.717) is 12.0 Å². The van der Waals surface area contributed by atoms with Crippen molar-refractivity contribution in [1.82, 2.24) is 10.2 Å². The number of piperazine rings is 1. The first-order valence-corrected chi connectivity index (χ1v) is 7.24. The topological polar surface area (TPSA) is 15.3 Å². The largest absolute Gasteiger partial charge is 0.417 e. The van der Waals surface area contributed by atoms with Crippen molar-refractivity contribution in [3.63, 3.8) is 0 Å². The van der Waals surface area contributed by atoms with Crippen LogP contribution in [0.15, 0.2) is 30.9 Å². The normalized spacial score (nSPS) is 17.6. The maximum absolute atomic E-state index is 13.0. The summed E-state index contributed by atoms with van der Waals surface area (Å²) in [4.78, 5) is 2.15. The van der Waals surface area contributed by atoms with Crippen molar-refractivity contribution in [2.45, 2.75) is 18.6 Å². The van der Waals surface area contributed by atoms with Gasteiger partial charge in [-0.25, -0.2) is 0 Å². The van der Waals surface area contributed by atoms with E-state index >= 15 is 0 Å². The Bertz CT molecular complexity index is 500. The molecular weight excluding hydrogens is 336 g/mol. The first-order valence-electron chi connectivity index (χ1n) is 6.86. The third-order valence-electron chi connectivity index (χ3n) is 3.68. The molecule has 0 aromatic heterocycles. The van der Waals surface area contributed by atoms with Crippen molar-refractivity contribution in [2.75, 3.05) is 26.2 Å². The fourth-order valence-electron chi connectivity index (χ4n) is 2.65. The minimum Gasteiger partial charge on any atom is -0.314 e. The van der Waals surface area contributed by atoms with Crippen LogP contribution in [0.2, 0.25) is 5.02 Å². The van der Waals surface area contributed by atoms with Crippen LogP contribution < -0.4 is 5.32 Å². The van der Waals surface area contributed by atoms with Gasteiger partial charge in [0.25, 0.3) is 0 Å². The van der Waals surface area contributed by atoms with Gasteiger partial charge in [-0.3, -0.25) is 4.90 Å². The van der Waals surface area contributed by atoms with E-state index in [1.807, 2.05) is 0 Å². The number of nitrogens with zero attached hydrogens (tertiary/aromatic N) is 1. The van der Waals surface area contributed by atoms with Gasteiger partial charge in [-0.05, 0) is 18.1 Å². The summed E-state index contributed by atoms with van der Waals surface area (Å²) < 4.78 is 39.0. The second-order valence-electron chi connectivity index (χ2n) is 5.03. The number of nitrogens with one attached hydrogen (secondary N) is 1. The Morgan fingerprint density at radius 1 is 1.32 bits per heavy atom. The van der Waals surface area contributed by atoms with E-state index in [1.54, 1.807) is 12.1 Å². The smallest absolute Gasteiger partial charge is 0.314 e. The fourth-order valence-corrected chi connectivity index (χ4v) is 3.01. The number of benzene rings is 1. The zero-order valence-electron chi connectivity index (χ0n) is 12.0. The molecule has 0 saturated carbocycles. The van der Waals surface area contributed by atoms with Gasteiger partial charge in [0.2, 0.25) is 0 Å². The van der Waals surface area contributed by atoms with Crippen molar-refractivity contribution in [3.05, 3.63) is 47.0 Å². The second kappa shape index (κ2) is 8.20. The molecule has 0 unspecified atom stereocenters. The molecule has 0 radical (unpaired) electrons. The summed E-state index contributed by atoms with van der Waals surface area (Å²) >= 11 is 6.05. The standard InChI is InChI=1S/C15H18ClF3N2.ClH/c1-2-4-13(21-9-7-20-8-10-21)11-5-3-6-12(14(11)16)15(17,18)19;/h2-3,5-6,13,20H,1,4,7-10H2;1H/t13-;/m0./s1. The van der Waals surface area contributed by atoms with Crippen LogP contribution in [0.3, 0.4) is 0 Å². The van der Waals surface area contributed by atoms with E-state index < -0.39 is 11.7 Å². The molecule has 1 atom stereocenters. The van der Waals surface area contributed by atoms with Gasteiger partial charge in [0, 0.05) is 32.2 Å². The van der Waals surface area contributed by atoms with Crippen LogP contribution in [0.1, 0.15) is 23.6 Å². The molecule has 0 spiro atoms. The van der Waals surface area contributed by atoms with Gasteiger partial charge >= 0.3 is 6.18 Å². The average Bonchev–Trinajstić information content (AvgIpc) is 2.45. The molecule has 22 heavy (non-hydrogen) atoms. The predicted molar refractivity (Wildman–Crippen MR) is 85.7 cm³/mol. The van der Waals surface area contributed by atoms with Crippen LogP contribution in [0.4, 0.5) is 13.2 Å². The molecule has 1 aromatic rings. The second-order valence-corrected chi connectivity index (χ2v) is 5.41. The molecule has 1 heterocycles. The zero-order chi connectivity index (χ0) is 15.5. The van der Waals surface area contributed by atoms with E-state index in [4.69, 9.17) is 11.6 Å². The summed E-state index contributed by atoms with van der Waals surface area (Å²) in [5, 5.41) is 3.03. The summed E-state index contributed by atoms with van der Waals surface area (Å²) in [7, 11) is 0. The van der Waals surface area contributed by atoms with Crippen molar-refractivity contribution in [1.29, 1.82) is 0 Å². The minimum atomic E-state index is -4.44. The molecule has 1 aromatic carbocycles. The van der Waals surface area contributed by atoms with Gasteiger partial charge in [-0.1, -0.05) is 29.8 Å². The summed E-state index contributed by atoms with van der Waals surface area (Å²) in [6, 6.07) is 3.95. The molecule has 1 fully saturated rings. The van der Waals surface area contributed by atoms with E-state index in [9.17, 15) is 13.2 Å². The minimum absolute atomic E-state index is 0. The summed E-state index contributed by atoms with van der Waals surface area (Å²) in [5.74, 6) is 0. The monoisotopic (exact) mass is 354 g/mol. The van der Waals surface area contributed by atoms with Crippen molar-refractivity contribution >= 4 is 24.0 Å². The Kier molecular flexibility index (Phi) is 7.19. The Morgan fingerprint density at radius 3 is 2.50 bits per heavy atom. The third kappa shape index (κ3) is 4.38. The highest BCUT2D eigenvalue weighted by molar-refractivity contribution is 6.32. The maximum Gasteiger partial charge on any atom is 0.417 e. The van der Waals surface area contributed by atoms with Crippen LogP contribution in [-0.2, 0) is 6.18 Å². The number of alkyl halides is 3. The lowest BCUT2D eigenvalue weighted by Crippen LogP contribution is -2.45. The highest BCUT2D eigenvalue weighted by Crippen LogP contribution is 2.40. The summed E-state index contributed by atoms with van der Waals surface area (Å²) in [5.41, 5.74) is -0.251. The van der Waals surface area contributed by atoms with Crippen LogP contribution in [-0.4, -0.2) is 31.1 Å². The number of halogens is 5. The first-order chi connectivity index (χ1) is 9.95. The first kappa shape index (κ1) is 19.3. The van der Waals surface area contributed by atoms with Crippen molar-refractivity contribution in [3.8, 4) is 0 Å². The van der Waals surface area contributed by atoms with Gasteiger partial charge in [-0.15, -0.1) is 19.0 Å². The molecule has 2 rings (SSSR count). The Labute approximate surface area is 139 Å². The van der Waals surface area contributed by atoms with Gasteiger partial charge in [-0.2, -0.15) is 13.2 Å². The van der Waals surface area contributed by atoms with E-state index in [-0.39, 0.29) is 23.5 Å². The highest BCUT2D eigenvalue weighted by atomic mass is 35.5. The van der Waals surface area contributed by atoms with Crippen LogP contribution in [0.5, 0.6) is 0 Å². The lowest BCUT2D eigenvalue weighted by atomic mass is 9.98. The highest BCUT2D eigenvalue weighted by Gasteiger charge is 2.35. The SMILES string of the molecule is C=CC[C@@H](c1cccc(C(F)(F)F)c1Cl)N1CCNCC1.Cl. The zero-order valence-corrected chi connectivity index (χ0v) is 13.6. The molecule has 0 bridgehead atoms. The molecule has 1 saturated heterocycles. The van der Waals surface area contributed by atoms with Gasteiger partial charge in [0.15, 0.2) is 0 Å². The van der Waals surface area contributed by atoms with Crippen LogP contribution in [0, 0.1) is 0 Å². The van der Waals surface area contributed by atoms with E-state index in [2.05, 4.69) is 16.8 Å². The molecule has 1 N–H and O–H groups in total. The number of hydrogen-bond acceptors (Lipinski definition) is 2. The Hall–Kier alpha value is -0.750. The lowest BCUT2D eigenvalue weighted by molar-refractivity contribution is -0.137. The van der Waals surface area contributed by atoms with Crippen LogP contribution in [0.25, 0.3) is 0 Å². The molecule has 1 aliphatic heterocycles.